The minimum Gasteiger partial charge on any atom is -0.492 e. The predicted molar refractivity (Wildman–Crippen MR) is 53.9 cm³/mol. The van der Waals surface area contributed by atoms with Gasteiger partial charge in [-0.05, 0) is 19.1 Å². The SMILES string of the molecule is Cc1ccc2c(c1)[C@@H]1OCC(=O)[C@@H]1CO2. The highest BCUT2D eigenvalue weighted by Gasteiger charge is 2.41. The van der Waals surface area contributed by atoms with Gasteiger partial charge in [0.15, 0.2) is 5.78 Å². The van der Waals surface area contributed by atoms with Crippen LogP contribution in [-0.2, 0) is 9.53 Å². The molecule has 0 saturated carbocycles. The molecule has 2 heterocycles. The Hall–Kier alpha value is -1.35. The van der Waals surface area contributed by atoms with Crippen molar-refractivity contribution in [2.45, 2.75) is 13.0 Å². The molecular formula is C12H12O3. The zero-order valence-corrected chi connectivity index (χ0v) is 8.53. The van der Waals surface area contributed by atoms with Crippen LogP contribution >= 0.6 is 0 Å². The molecular weight excluding hydrogens is 192 g/mol. The molecule has 78 valence electrons. The number of hydrogen-bond donors (Lipinski definition) is 0. The molecule has 0 N–H and O–H groups in total. The zero-order chi connectivity index (χ0) is 10.4. The summed E-state index contributed by atoms with van der Waals surface area (Å²) in [5, 5.41) is 0. The number of carbonyl (C=O) groups excluding carboxylic acids is 1. The van der Waals surface area contributed by atoms with E-state index >= 15 is 0 Å². The molecule has 0 aromatic heterocycles. The fraction of sp³-hybridized carbons (Fsp3) is 0.417. The average molecular weight is 204 g/mol. The van der Waals surface area contributed by atoms with Gasteiger partial charge in [-0.3, -0.25) is 4.79 Å². The second kappa shape index (κ2) is 3.07. The molecule has 2 aliphatic heterocycles. The van der Waals surface area contributed by atoms with Crippen molar-refractivity contribution in [2.24, 2.45) is 5.92 Å². The highest BCUT2D eigenvalue weighted by molar-refractivity contribution is 5.85. The molecule has 0 aliphatic carbocycles. The first-order chi connectivity index (χ1) is 7.25. The van der Waals surface area contributed by atoms with Crippen LogP contribution in [-0.4, -0.2) is 19.0 Å². The van der Waals surface area contributed by atoms with Gasteiger partial charge in [0.1, 0.15) is 19.0 Å². The lowest BCUT2D eigenvalue weighted by molar-refractivity contribution is -0.121. The second-order valence-corrected chi connectivity index (χ2v) is 4.16. The summed E-state index contributed by atoms with van der Waals surface area (Å²) in [7, 11) is 0. The minimum atomic E-state index is -0.0979. The van der Waals surface area contributed by atoms with Crippen molar-refractivity contribution in [3.63, 3.8) is 0 Å². The van der Waals surface area contributed by atoms with Gasteiger partial charge < -0.3 is 9.47 Å². The molecule has 15 heavy (non-hydrogen) atoms. The molecule has 2 aliphatic rings. The average Bonchev–Trinajstić information content (AvgIpc) is 2.61. The number of hydrogen-bond acceptors (Lipinski definition) is 3. The third kappa shape index (κ3) is 1.27. The summed E-state index contributed by atoms with van der Waals surface area (Å²) in [5.74, 6) is 0.919. The zero-order valence-electron chi connectivity index (χ0n) is 8.53. The maximum atomic E-state index is 11.5. The third-order valence-electron chi connectivity index (χ3n) is 3.07. The fourth-order valence-corrected chi connectivity index (χ4v) is 2.25. The number of rotatable bonds is 0. The van der Waals surface area contributed by atoms with Crippen molar-refractivity contribution in [1.82, 2.24) is 0 Å². The third-order valence-corrected chi connectivity index (χ3v) is 3.07. The Labute approximate surface area is 88.0 Å². The summed E-state index contributed by atoms with van der Waals surface area (Å²) >= 11 is 0. The van der Waals surface area contributed by atoms with E-state index in [1.807, 2.05) is 25.1 Å². The highest BCUT2D eigenvalue weighted by Crippen LogP contribution is 2.41. The molecule has 3 rings (SSSR count). The van der Waals surface area contributed by atoms with Crippen molar-refractivity contribution < 1.29 is 14.3 Å². The molecule has 1 aromatic carbocycles. The van der Waals surface area contributed by atoms with Crippen LogP contribution in [0.15, 0.2) is 18.2 Å². The first-order valence-electron chi connectivity index (χ1n) is 5.13. The van der Waals surface area contributed by atoms with Crippen LogP contribution in [0, 0.1) is 12.8 Å². The molecule has 0 radical (unpaired) electrons. The van der Waals surface area contributed by atoms with Crippen LogP contribution in [0.5, 0.6) is 5.75 Å². The van der Waals surface area contributed by atoms with E-state index in [-0.39, 0.29) is 24.4 Å². The van der Waals surface area contributed by atoms with Crippen molar-refractivity contribution in [3.8, 4) is 5.75 Å². The lowest BCUT2D eigenvalue weighted by atomic mass is 9.91. The molecule has 1 fully saturated rings. The van der Waals surface area contributed by atoms with Gasteiger partial charge in [-0.15, -0.1) is 0 Å². The number of ether oxygens (including phenoxy) is 2. The first-order valence-corrected chi connectivity index (χ1v) is 5.13. The van der Waals surface area contributed by atoms with Gasteiger partial charge in [0.25, 0.3) is 0 Å². The van der Waals surface area contributed by atoms with E-state index in [4.69, 9.17) is 9.47 Å². The molecule has 0 spiro atoms. The van der Waals surface area contributed by atoms with Crippen LogP contribution in [0.25, 0.3) is 0 Å². The van der Waals surface area contributed by atoms with E-state index in [0.717, 1.165) is 11.3 Å². The summed E-state index contributed by atoms with van der Waals surface area (Å²) < 4.78 is 11.1. The van der Waals surface area contributed by atoms with Crippen molar-refractivity contribution in [3.05, 3.63) is 29.3 Å². The molecule has 2 atom stereocenters. The number of aryl methyl sites for hydroxylation is 1. The molecule has 0 amide bonds. The van der Waals surface area contributed by atoms with Gasteiger partial charge in [0.05, 0.1) is 12.0 Å². The number of fused-ring (bicyclic) bond motifs is 3. The van der Waals surface area contributed by atoms with Crippen LogP contribution in [0.1, 0.15) is 17.2 Å². The first kappa shape index (κ1) is 8.92. The van der Waals surface area contributed by atoms with Crippen LogP contribution in [0.2, 0.25) is 0 Å². The Morgan fingerprint density at radius 2 is 2.27 bits per heavy atom. The standard InChI is InChI=1S/C12H12O3/c1-7-2-3-11-8(4-7)12-9(5-14-11)10(13)6-15-12/h2-4,9,12H,5-6H2,1H3/t9-,12-/m0/s1. The largest absolute Gasteiger partial charge is 0.492 e. The van der Waals surface area contributed by atoms with E-state index in [1.54, 1.807) is 0 Å². The summed E-state index contributed by atoms with van der Waals surface area (Å²) in [6.45, 7) is 2.71. The van der Waals surface area contributed by atoms with E-state index in [9.17, 15) is 4.79 Å². The maximum absolute atomic E-state index is 11.5. The Bertz CT molecular complexity index is 425. The van der Waals surface area contributed by atoms with Crippen molar-refractivity contribution in [2.75, 3.05) is 13.2 Å². The van der Waals surface area contributed by atoms with Gasteiger partial charge in [0.2, 0.25) is 0 Å². The van der Waals surface area contributed by atoms with Gasteiger partial charge in [-0.2, -0.15) is 0 Å². The lowest BCUT2D eigenvalue weighted by Gasteiger charge is -2.26. The summed E-state index contributed by atoms with van der Waals surface area (Å²) in [4.78, 5) is 11.5. The van der Waals surface area contributed by atoms with Crippen LogP contribution in [0.4, 0.5) is 0 Å². The van der Waals surface area contributed by atoms with Crippen molar-refractivity contribution >= 4 is 5.78 Å². The Morgan fingerprint density at radius 3 is 3.13 bits per heavy atom. The Kier molecular flexibility index (Phi) is 1.83. The Morgan fingerprint density at radius 1 is 1.40 bits per heavy atom. The minimum absolute atomic E-state index is 0.0823. The quantitative estimate of drug-likeness (QED) is 0.644. The van der Waals surface area contributed by atoms with Gasteiger partial charge in [0, 0.05) is 5.56 Å². The lowest BCUT2D eigenvalue weighted by Crippen LogP contribution is -2.27. The second-order valence-electron chi connectivity index (χ2n) is 4.16. The van der Waals surface area contributed by atoms with E-state index in [0.29, 0.717) is 6.61 Å². The molecule has 1 aromatic rings. The Balaban J connectivity index is 2.08. The van der Waals surface area contributed by atoms with Crippen LogP contribution < -0.4 is 4.74 Å². The van der Waals surface area contributed by atoms with Gasteiger partial charge in [-0.25, -0.2) is 0 Å². The summed E-state index contributed by atoms with van der Waals surface area (Å²) in [6.07, 6.45) is -0.0823. The number of benzene rings is 1. The number of Topliss-reactive ketones (excluding diaryl/α,β-unsaturated/α-hetero) is 1. The smallest absolute Gasteiger partial charge is 0.167 e. The van der Waals surface area contributed by atoms with Crippen LogP contribution in [0.3, 0.4) is 0 Å². The monoisotopic (exact) mass is 204 g/mol. The number of ketones is 1. The molecule has 1 saturated heterocycles. The number of carbonyl (C=O) groups is 1. The molecule has 3 nitrogen and oxygen atoms in total. The van der Waals surface area contributed by atoms with Gasteiger partial charge in [-0.1, -0.05) is 11.6 Å². The maximum Gasteiger partial charge on any atom is 0.167 e. The molecule has 3 heteroatoms. The normalized spacial score (nSPS) is 28.2. The van der Waals surface area contributed by atoms with E-state index in [1.165, 1.54) is 5.56 Å². The molecule has 0 unspecified atom stereocenters. The van der Waals surface area contributed by atoms with Crippen molar-refractivity contribution in [1.29, 1.82) is 0 Å². The molecule has 0 bridgehead atoms. The summed E-state index contributed by atoms with van der Waals surface area (Å²) in [5.41, 5.74) is 2.19. The van der Waals surface area contributed by atoms with E-state index in [2.05, 4.69) is 0 Å². The fourth-order valence-electron chi connectivity index (χ4n) is 2.25. The van der Waals surface area contributed by atoms with E-state index < -0.39 is 0 Å². The van der Waals surface area contributed by atoms with Gasteiger partial charge >= 0.3 is 0 Å². The topological polar surface area (TPSA) is 35.5 Å². The predicted octanol–water partition coefficient (Wildman–Crippen LogP) is 1.64. The highest BCUT2D eigenvalue weighted by atomic mass is 16.5. The summed E-state index contributed by atoms with van der Waals surface area (Å²) in [6, 6.07) is 6.01.